The van der Waals surface area contributed by atoms with Crippen molar-refractivity contribution >= 4 is 0 Å². The number of aliphatic hydroxyl groups is 1. The highest BCUT2D eigenvalue weighted by Gasteiger charge is 2.32. The van der Waals surface area contributed by atoms with Crippen molar-refractivity contribution < 1.29 is 9.84 Å². The summed E-state index contributed by atoms with van der Waals surface area (Å²) in [6.45, 7) is 2.40. The minimum absolute atomic E-state index is 0.206. The van der Waals surface area contributed by atoms with Gasteiger partial charge in [0.2, 0.25) is 0 Å². The van der Waals surface area contributed by atoms with E-state index in [1.807, 2.05) is 0 Å². The molecule has 1 aliphatic carbocycles. The summed E-state index contributed by atoms with van der Waals surface area (Å²) in [4.78, 5) is 10.8. The van der Waals surface area contributed by atoms with E-state index < -0.39 is 0 Å². The number of aliphatic hydroxyl groups excluding tert-OH is 1. The second-order valence-corrected chi connectivity index (χ2v) is 7.21. The fourth-order valence-electron chi connectivity index (χ4n) is 4.18. The molecule has 2 aliphatic rings. The largest absolute Gasteiger partial charge is 0.496 e. The van der Waals surface area contributed by atoms with Crippen LogP contribution in [0.4, 0.5) is 0 Å². The third kappa shape index (κ3) is 3.53. The van der Waals surface area contributed by atoms with Gasteiger partial charge in [-0.1, -0.05) is 6.07 Å². The van der Waals surface area contributed by atoms with Gasteiger partial charge in [-0.2, -0.15) is 0 Å². The highest BCUT2D eigenvalue weighted by Crippen LogP contribution is 2.32. The van der Waals surface area contributed by atoms with Crippen LogP contribution in [0.1, 0.15) is 28.8 Å². The summed E-state index contributed by atoms with van der Waals surface area (Å²) in [6, 6.07) is 4.52. The zero-order valence-electron chi connectivity index (χ0n) is 14.7. The second kappa shape index (κ2) is 7.10. The van der Waals surface area contributed by atoms with Gasteiger partial charge in [-0.15, -0.1) is 0 Å². The first kappa shape index (κ1) is 16.5. The Labute approximate surface area is 148 Å². The van der Waals surface area contributed by atoms with E-state index in [4.69, 9.17) is 4.74 Å². The first-order valence-corrected chi connectivity index (χ1v) is 9.07. The third-order valence-electron chi connectivity index (χ3n) is 5.46. The van der Waals surface area contributed by atoms with E-state index in [1.165, 1.54) is 29.5 Å². The average Bonchev–Trinajstić information content (AvgIpc) is 3.21. The van der Waals surface area contributed by atoms with Crippen LogP contribution in [-0.2, 0) is 25.8 Å². The maximum Gasteiger partial charge on any atom is 0.123 e. The zero-order chi connectivity index (χ0) is 17.2. The molecule has 132 valence electrons. The predicted octanol–water partition coefficient (Wildman–Crippen LogP) is 2.01. The van der Waals surface area contributed by atoms with Crippen molar-refractivity contribution in [1.82, 2.24) is 14.9 Å². The molecule has 0 spiro atoms. The predicted molar refractivity (Wildman–Crippen MR) is 95.5 cm³/mol. The summed E-state index contributed by atoms with van der Waals surface area (Å²) < 4.78 is 5.62. The summed E-state index contributed by atoms with van der Waals surface area (Å²) in [5.41, 5.74) is 5.08. The Kier molecular flexibility index (Phi) is 4.68. The monoisotopic (exact) mass is 339 g/mol. The van der Waals surface area contributed by atoms with Crippen LogP contribution in [0.25, 0.3) is 0 Å². The first-order chi connectivity index (χ1) is 12.2. The smallest absolute Gasteiger partial charge is 0.123 e. The minimum Gasteiger partial charge on any atom is -0.496 e. The number of benzene rings is 1. The zero-order valence-corrected chi connectivity index (χ0v) is 14.7. The number of likely N-dealkylation sites (tertiary alicyclic amines) is 1. The Balaban J connectivity index is 1.45. The van der Waals surface area contributed by atoms with E-state index in [1.54, 1.807) is 25.7 Å². The van der Waals surface area contributed by atoms with Gasteiger partial charge in [-0.3, -0.25) is 14.9 Å². The van der Waals surface area contributed by atoms with Crippen LogP contribution in [0.5, 0.6) is 5.75 Å². The Hall–Kier alpha value is -1.98. The molecule has 2 atom stereocenters. The molecule has 5 nitrogen and oxygen atoms in total. The number of ether oxygens (including phenoxy) is 1. The lowest BCUT2D eigenvalue weighted by atomic mass is 10.0. The van der Waals surface area contributed by atoms with Crippen molar-refractivity contribution in [3.8, 4) is 5.75 Å². The van der Waals surface area contributed by atoms with E-state index in [9.17, 15) is 5.11 Å². The SMILES string of the molecule is COc1cc2c(cc1CN1C[C@@H](Cc3cnccn3)[C@H](O)C1)CCC2. The lowest BCUT2D eigenvalue weighted by molar-refractivity contribution is 0.140. The number of nitrogens with zero attached hydrogens (tertiary/aromatic N) is 3. The molecule has 0 radical (unpaired) electrons. The molecule has 1 aliphatic heterocycles. The molecule has 2 heterocycles. The van der Waals surface area contributed by atoms with Crippen LogP contribution in [0.2, 0.25) is 0 Å². The van der Waals surface area contributed by atoms with Gasteiger partial charge in [0.1, 0.15) is 5.75 Å². The molecule has 4 rings (SSSR count). The molecule has 0 unspecified atom stereocenters. The van der Waals surface area contributed by atoms with Gasteiger partial charge in [0.25, 0.3) is 0 Å². The van der Waals surface area contributed by atoms with E-state index >= 15 is 0 Å². The van der Waals surface area contributed by atoms with Crippen molar-refractivity contribution in [3.05, 3.63) is 53.1 Å². The molecular weight excluding hydrogens is 314 g/mol. The van der Waals surface area contributed by atoms with Gasteiger partial charge in [0, 0.05) is 49.7 Å². The molecule has 1 aromatic heterocycles. The van der Waals surface area contributed by atoms with Crippen LogP contribution < -0.4 is 4.74 Å². The molecular formula is C20H25N3O2. The number of aromatic nitrogens is 2. The van der Waals surface area contributed by atoms with Gasteiger partial charge >= 0.3 is 0 Å². The molecule has 1 saturated heterocycles. The van der Waals surface area contributed by atoms with E-state index in [0.717, 1.165) is 37.4 Å². The Morgan fingerprint density at radius 2 is 2.04 bits per heavy atom. The molecule has 0 bridgehead atoms. The van der Waals surface area contributed by atoms with Crippen molar-refractivity contribution in [1.29, 1.82) is 0 Å². The van der Waals surface area contributed by atoms with Crippen LogP contribution in [0.3, 0.4) is 0 Å². The number of hydrogen-bond donors (Lipinski definition) is 1. The lowest BCUT2D eigenvalue weighted by Gasteiger charge is -2.19. The number of fused-ring (bicyclic) bond motifs is 1. The average molecular weight is 339 g/mol. The summed E-state index contributed by atoms with van der Waals surface area (Å²) in [7, 11) is 1.75. The maximum absolute atomic E-state index is 10.5. The molecule has 5 heteroatoms. The van der Waals surface area contributed by atoms with Crippen molar-refractivity contribution in [2.24, 2.45) is 5.92 Å². The molecule has 0 amide bonds. The van der Waals surface area contributed by atoms with Gasteiger partial charge < -0.3 is 9.84 Å². The highest BCUT2D eigenvalue weighted by molar-refractivity contribution is 5.44. The van der Waals surface area contributed by atoms with Crippen LogP contribution in [0.15, 0.2) is 30.7 Å². The summed E-state index contributed by atoms with van der Waals surface area (Å²) in [5.74, 6) is 1.18. The standard InChI is InChI=1S/C20H25N3O2/c1-25-20-9-15-4-2-3-14(15)7-17(20)12-23-11-16(19(24)13-23)8-18-10-21-5-6-22-18/h5-7,9-10,16,19,24H,2-4,8,11-13H2,1H3/t16-,19-/m1/s1. The number of aryl methyl sites for hydroxylation is 2. The molecule has 25 heavy (non-hydrogen) atoms. The van der Waals surface area contributed by atoms with Gasteiger partial charge in [0.15, 0.2) is 0 Å². The van der Waals surface area contributed by atoms with Crippen molar-refractivity contribution in [3.63, 3.8) is 0 Å². The molecule has 1 N–H and O–H groups in total. The van der Waals surface area contributed by atoms with E-state index in [-0.39, 0.29) is 12.0 Å². The van der Waals surface area contributed by atoms with E-state index in [0.29, 0.717) is 6.54 Å². The number of β-amino-alcohol motifs (C(OH)–C–C–N with tert-alkyl or cyclic N) is 1. The van der Waals surface area contributed by atoms with Gasteiger partial charge in [-0.25, -0.2) is 0 Å². The number of methoxy groups -OCH3 is 1. The molecule has 1 fully saturated rings. The molecule has 1 aromatic carbocycles. The molecule has 0 saturated carbocycles. The summed E-state index contributed by atoms with van der Waals surface area (Å²) in [5, 5.41) is 10.5. The number of hydrogen-bond acceptors (Lipinski definition) is 5. The Bertz CT molecular complexity index is 735. The normalized spacial score (nSPS) is 23.0. The lowest BCUT2D eigenvalue weighted by Crippen LogP contribution is -2.21. The summed E-state index contributed by atoms with van der Waals surface area (Å²) in [6.07, 6.45) is 9.21. The highest BCUT2D eigenvalue weighted by atomic mass is 16.5. The fourth-order valence-corrected chi connectivity index (χ4v) is 4.18. The van der Waals surface area contributed by atoms with Gasteiger partial charge in [0.05, 0.1) is 18.9 Å². The quantitative estimate of drug-likeness (QED) is 0.903. The van der Waals surface area contributed by atoms with Crippen LogP contribution in [-0.4, -0.2) is 46.3 Å². The summed E-state index contributed by atoms with van der Waals surface area (Å²) >= 11 is 0. The number of rotatable bonds is 5. The second-order valence-electron chi connectivity index (χ2n) is 7.21. The topological polar surface area (TPSA) is 58.5 Å². The molecule has 2 aromatic rings. The Morgan fingerprint density at radius 3 is 2.80 bits per heavy atom. The van der Waals surface area contributed by atoms with E-state index in [2.05, 4.69) is 27.0 Å². The van der Waals surface area contributed by atoms with Crippen LogP contribution >= 0.6 is 0 Å². The Morgan fingerprint density at radius 1 is 1.20 bits per heavy atom. The third-order valence-corrected chi connectivity index (χ3v) is 5.46. The fraction of sp³-hybridized carbons (Fsp3) is 0.500. The first-order valence-electron chi connectivity index (χ1n) is 9.07. The van der Waals surface area contributed by atoms with Crippen LogP contribution in [0, 0.1) is 5.92 Å². The maximum atomic E-state index is 10.5. The minimum atomic E-state index is -0.317. The van der Waals surface area contributed by atoms with Gasteiger partial charge in [-0.05, 0) is 42.9 Å². The van der Waals surface area contributed by atoms with Crippen molar-refractivity contribution in [2.45, 2.75) is 38.3 Å². The van der Waals surface area contributed by atoms with Crippen molar-refractivity contribution in [2.75, 3.05) is 20.2 Å².